The molecule has 0 spiro atoms. The summed E-state index contributed by atoms with van der Waals surface area (Å²) in [7, 11) is 0. The maximum absolute atomic E-state index is 13.8. The zero-order valence-electron chi connectivity index (χ0n) is 22.3. The molecule has 2 aliphatic rings. The summed E-state index contributed by atoms with van der Waals surface area (Å²) in [6, 6.07) is 7.30. The summed E-state index contributed by atoms with van der Waals surface area (Å²) < 4.78 is 121. The molecule has 1 aliphatic carbocycles. The van der Waals surface area contributed by atoms with Crippen LogP contribution in [-0.2, 0) is 25.7 Å². The molecule has 45 heavy (non-hydrogen) atoms. The number of aromatic nitrogens is 2. The molecule has 1 aliphatic heterocycles. The number of hydrogen-bond donors (Lipinski definition) is 3. The lowest BCUT2D eigenvalue weighted by molar-refractivity contribution is -0.193. The molecule has 4 rings (SSSR count). The SMILES string of the molecule is Fc1cccnc1O[C@H]1CC[C@H]2[C@H]1OCCN2Cc1ccncc1.O=C(O)C(F)(F)F.O=C(O)C(F)(F)F.O=C(O)C(F)(F)F. The van der Waals surface area contributed by atoms with Crippen LogP contribution in [0, 0.1) is 5.82 Å². The van der Waals surface area contributed by atoms with E-state index in [1.807, 2.05) is 24.5 Å². The van der Waals surface area contributed by atoms with Gasteiger partial charge in [0.05, 0.1) is 6.61 Å². The Morgan fingerprint density at radius 3 is 1.78 bits per heavy atom. The van der Waals surface area contributed by atoms with Crippen LogP contribution in [0.15, 0.2) is 42.9 Å². The maximum atomic E-state index is 13.8. The zero-order chi connectivity index (χ0) is 34.6. The second-order valence-electron chi connectivity index (χ2n) is 8.66. The zero-order valence-corrected chi connectivity index (χ0v) is 22.3. The van der Waals surface area contributed by atoms with Crippen molar-refractivity contribution in [3.63, 3.8) is 0 Å². The van der Waals surface area contributed by atoms with E-state index in [1.54, 1.807) is 12.3 Å². The summed E-state index contributed by atoms with van der Waals surface area (Å²) >= 11 is 0. The number of carboxylic acid groups (broad SMARTS) is 3. The molecule has 0 amide bonds. The normalized spacial score (nSPS) is 19.6. The number of carboxylic acids is 3. The lowest BCUT2D eigenvalue weighted by Gasteiger charge is -2.39. The standard InChI is InChI=1S/C18H20FN3O2.3C2HF3O2/c19-14-2-1-7-21-18(14)24-16-4-3-15-17(16)23-11-10-22(15)12-13-5-8-20-9-6-13;3*3-2(4,5)1(6)7/h1-2,5-9,15-17H,3-4,10-12H2;3*(H,6,7)/t15-,16-,17+;;;/m0.../s1. The molecule has 1 saturated heterocycles. The molecule has 21 heteroatoms. The molecule has 3 N–H and O–H groups in total. The van der Waals surface area contributed by atoms with Crippen molar-refractivity contribution in [1.82, 2.24) is 14.9 Å². The molecule has 252 valence electrons. The highest BCUT2D eigenvalue weighted by molar-refractivity contribution is 5.73. The van der Waals surface area contributed by atoms with Gasteiger partial charge in [0.2, 0.25) is 0 Å². The van der Waals surface area contributed by atoms with E-state index in [9.17, 15) is 43.9 Å². The Bertz CT molecular complexity index is 1190. The number of halogens is 10. The number of alkyl halides is 9. The van der Waals surface area contributed by atoms with Crippen LogP contribution in [0.5, 0.6) is 5.88 Å². The Kier molecular flexibility index (Phi) is 14.4. The predicted octanol–water partition coefficient (Wildman–Crippen LogP) is 4.33. The molecule has 0 bridgehead atoms. The van der Waals surface area contributed by atoms with E-state index >= 15 is 0 Å². The van der Waals surface area contributed by atoms with Crippen molar-refractivity contribution in [2.24, 2.45) is 0 Å². The average Bonchev–Trinajstić information content (AvgIpc) is 3.34. The number of pyridine rings is 2. The van der Waals surface area contributed by atoms with Gasteiger partial charge in [-0.25, -0.2) is 23.8 Å². The molecule has 0 unspecified atom stereocenters. The van der Waals surface area contributed by atoms with Gasteiger partial charge in [0, 0.05) is 37.7 Å². The first kappa shape index (κ1) is 38.8. The van der Waals surface area contributed by atoms with Gasteiger partial charge < -0.3 is 24.8 Å². The summed E-state index contributed by atoms with van der Waals surface area (Å²) in [6.07, 6.45) is -8.44. The van der Waals surface area contributed by atoms with Gasteiger partial charge in [-0.05, 0) is 42.7 Å². The molecule has 3 heterocycles. The molecule has 2 aromatic rings. The molecule has 3 atom stereocenters. The van der Waals surface area contributed by atoms with E-state index in [4.69, 9.17) is 39.2 Å². The van der Waals surface area contributed by atoms with E-state index in [1.165, 1.54) is 11.6 Å². The topological polar surface area (TPSA) is 159 Å². The van der Waals surface area contributed by atoms with E-state index in [0.29, 0.717) is 12.6 Å². The number of fused-ring (bicyclic) bond motifs is 1. The van der Waals surface area contributed by atoms with E-state index in [2.05, 4.69) is 14.9 Å². The van der Waals surface area contributed by atoms with Gasteiger partial charge in [-0.1, -0.05) is 0 Å². The molecule has 1 saturated carbocycles. The fourth-order valence-corrected chi connectivity index (χ4v) is 3.64. The predicted molar refractivity (Wildman–Crippen MR) is 127 cm³/mol. The highest BCUT2D eigenvalue weighted by Gasteiger charge is 2.44. The van der Waals surface area contributed by atoms with Crippen LogP contribution in [0.3, 0.4) is 0 Å². The quantitative estimate of drug-likeness (QED) is 0.398. The van der Waals surface area contributed by atoms with Crippen LogP contribution in [0.25, 0.3) is 0 Å². The van der Waals surface area contributed by atoms with Crippen molar-refractivity contribution >= 4 is 17.9 Å². The highest BCUT2D eigenvalue weighted by atomic mass is 19.4. The first-order valence-electron chi connectivity index (χ1n) is 12.1. The summed E-state index contributed by atoms with van der Waals surface area (Å²) in [5, 5.41) is 21.4. The van der Waals surface area contributed by atoms with E-state index in [-0.39, 0.29) is 18.1 Å². The monoisotopic (exact) mass is 671 g/mol. The van der Waals surface area contributed by atoms with Gasteiger partial charge in [0.25, 0.3) is 5.88 Å². The summed E-state index contributed by atoms with van der Waals surface area (Å²) in [5.74, 6) is -8.63. The number of morpholine rings is 1. The minimum atomic E-state index is -5.08. The lowest BCUT2D eigenvalue weighted by Crippen LogP contribution is -2.51. The fourth-order valence-electron chi connectivity index (χ4n) is 3.64. The smallest absolute Gasteiger partial charge is 0.475 e. The average molecular weight is 671 g/mol. The number of carbonyl (C=O) groups is 3. The van der Waals surface area contributed by atoms with Gasteiger partial charge in [-0.2, -0.15) is 39.5 Å². The Morgan fingerprint density at radius 1 is 0.844 bits per heavy atom. The minimum Gasteiger partial charge on any atom is -0.475 e. The Labute approximate surface area is 246 Å². The van der Waals surface area contributed by atoms with Gasteiger partial charge in [-0.15, -0.1) is 0 Å². The largest absolute Gasteiger partial charge is 0.490 e. The fraction of sp³-hybridized carbons (Fsp3) is 0.458. The third-order valence-corrected chi connectivity index (χ3v) is 5.50. The third kappa shape index (κ3) is 13.9. The molecule has 11 nitrogen and oxygen atoms in total. The van der Waals surface area contributed by atoms with Crippen LogP contribution in [-0.4, -0.2) is 98.0 Å². The Morgan fingerprint density at radius 2 is 1.33 bits per heavy atom. The van der Waals surface area contributed by atoms with Crippen LogP contribution in [0.1, 0.15) is 18.4 Å². The van der Waals surface area contributed by atoms with Crippen molar-refractivity contribution in [3.05, 3.63) is 54.2 Å². The number of aliphatic carboxylic acids is 3. The van der Waals surface area contributed by atoms with Crippen LogP contribution >= 0.6 is 0 Å². The second kappa shape index (κ2) is 16.7. The number of ether oxygens (including phenoxy) is 2. The highest BCUT2D eigenvalue weighted by Crippen LogP contribution is 2.33. The lowest BCUT2D eigenvalue weighted by atomic mass is 10.1. The number of rotatable bonds is 4. The molecule has 0 aromatic carbocycles. The van der Waals surface area contributed by atoms with E-state index < -0.39 is 42.3 Å². The minimum absolute atomic E-state index is 0.0398. The first-order chi connectivity index (χ1) is 20.6. The van der Waals surface area contributed by atoms with Gasteiger partial charge in [-0.3, -0.25) is 9.88 Å². The number of nitrogens with zero attached hydrogens (tertiary/aromatic N) is 3. The van der Waals surface area contributed by atoms with Crippen molar-refractivity contribution in [1.29, 1.82) is 0 Å². The Hall–Kier alpha value is -4.27. The summed E-state index contributed by atoms with van der Waals surface area (Å²) in [6.45, 7) is 2.43. The van der Waals surface area contributed by atoms with Gasteiger partial charge >= 0.3 is 36.4 Å². The molecule has 2 aromatic heterocycles. The van der Waals surface area contributed by atoms with Crippen molar-refractivity contribution in [3.8, 4) is 5.88 Å². The van der Waals surface area contributed by atoms with Crippen molar-refractivity contribution in [2.45, 2.75) is 56.2 Å². The van der Waals surface area contributed by atoms with E-state index in [0.717, 1.165) is 25.9 Å². The first-order valence-corrected chi connectivity index (χ1v) is 12.1. The van der Waals surface area contributed by atoms with Gasteiger partial charge in [0.15, 0.2) is 5.82 Å². The third-order valence-electron chi connectivity index (χ3n) is 5.50. The molecule has 0 radical (unpaired) electrons. The van der Waals surface area contributed by atoms with Crippen LogP contribution < -0.4 is 4.74 Å². The van der Waals surface area contributed by atoms with Crippen LogP contribution in [0.2, 0.25) is 0 Å². The molecule has 2 fully saturated rings. The summed E-state index contributed by atoms with van der Waals surface area (Å²) in [4.78, 5) is 37.2. The molecular weight excluding hydrogens is 648 g/mol. The van der Waals surface area contributed by atoms with Gasteiger partial charge in [0.1, 0.15) is 12.2 Å². The Balaban J connectivity index is 0.000000396. The summed E-state index contributed by atoms with van der Waals surface area (Å²) in [5.41, 5.74) is 1.24. The van der Waals surface area contributed by atoms with Crippen molar-refractivity contribution in [2.75, 3.05) is 13.2 Å². The van der Waals surface area contributed by atoms with Crippen molar-refractivity contribution < 1.29 is 83.1 Å². The maximum Gasteiger partial charge on any atom is 0.490 e. The number of hydrogen-bond acceptors (Lipinski definition) is 8. The second-order valence-corrected chi connectivity index (χ2v) is 8.66. The van der Waals surface area contributed by atoms with Crippen LogP contribution in [0.4, 0.5) is 43.9 Å². The molecular formula is C24H23F10N3O8.